The van der Waals surface area contributed by atoms with E-state index in [1.165, 1.54) is 37.0 Å². The fraction of sp³-hybridized carbons (Fsp3) is 0.889. The summed E-state index contributed by atoms with van der Waals surface area (Å²) >= 11 is 0. The Bertz CT molecular complexity index is 106. The van der Waals surface area contributed by atoms with E-state index in [4.69, 9.17) is 0 Å². The third-order valence-corrected chi connectivity index (χ3v) is 2.92. The number of nitrogens with zero attached hydrogens (tertiary/aromatic N) is 1. The minimum absolute atomic E-state index is 0. The largest absolute Gasteiger partial charge is 0.340 e. The zero-order chi connectivity index (χ0) is 7.61. The Hall–Kier alpha value is 1.06. The molecule has 0 N–H and O–H groups in total. The van der Waals surface area contributed by atoms with Gasteiger partial charge in [-0.1, -0.05) is 0 Å². The van der Waals surface area contributed by atoms with Gasteiger partial charge < -0.3 is 11.4 Å². The quantitative estimate of drug-likeness (QED) is 0.475. The summed E-state index contributed by atoms with van der Waals surface area (Å²) in [7, 11) is 2.35. The van der Waals surface area contributed by atoms with Crippen LogP contribution in [-0.4, -0.2) is 31.2 Å². The van der Waals surface area contributed by atoms with Gasteiger partial charge >= 0.3 is 0 Å². The average molecular weight is 230 g/mol. The van der Waals surface area contributed by atoms with E-state index in [9.17, 15) is 0 Å². The Labute approximate surface area is 96.0 Å². The molecule has 1 rings (SSSR count). The van der Waals surface area contributed by atoms with Gasteiger partial charge in [-0.05, 0) is 19.8 Å². The number of likely N-dealkylation sites (tertiary alicyclic amines) is 1. The zero-order valence-corrected chi connectivity index (χ0v) is 10.7. The monoisotopic (exact) mass is 230 g/mol. The summed E-state index contributed by atoms with van der Waals surface area (Å²) in [5, 5.41) is 0. The van der Waals surface area contributed by atoms with Crippen LogP contribution in [0.15, 0.2) is 0 Å². The maximum Gasteiger partial charge on any atom is 0.0762 e. The normalized spacial score (nSPS) is 37.9. The van der Waals surface area contributed by atoms with Gasteiger partial charge in [0, 0.05) is 32.7 Å². The number of hydrogen-bond donors (Lipinski definition) is 0. The van der Waals surface area contributed by atoms with Gasteiger partial charge in [0.05, 0.1) is 26.7 Å². The van der Waals surface area contributed by atoms with E-state index in [0.717, 1.165) is 5.92 Å². The molecule has 0 saturated carbocycles. The van der Waals surface area contributed by atoms with Crippen LogP contribution in [0.5, 0.6) is 0 Å². The molecule has 1 radical (unpaired) electrons. The van der Waals surface area contributed by atoms with Crippen molar-refractivity contribution >= 4 is 0 Å². The molecule has 11 heavy (non-hydrogen) atoms. The SMILES string of the molecule is [CH2-]C1CC[N+](C)(CC)CC1.[Y]. The fourth-order valence-corrected chi connectivity index (χ4v) is 1.56. The topological polar surface area (TPSA) is 0 Å². The first-order valence-corrected chi connectivity index (χ1v) is 4.33. The zero-order valence-electron chi connectivity index (χ0n) is 7.84. The van der Waals surface area contributed by atoms with Crippen molar-refractivity contribution in [1.82, 2.24) is 0 Å². The predicted octanol–water partition coefficient (Wildman–Crippen LogP) is 1.69. The molecular weight excluding hydrogens is 211 g/mol. The molecule has 1 heterocycles. The molecule has 0 amide bonds. The Morgan fingerprint density at radius 3 is 2.18 bits per heavy atom. The van der Waals surface area contributed by atoms with E-state index in [-0.39, 0.29) is 32.7 Å². The molecule has 1 fully saturated rings. The van der Waals surface area contributed by atoms with Gasteiger partial charge in [-0.3, -0.25) is 0 Å². The molecule has 1 aliphatic rings. The van der Waals surface area contributed by atoms with Crippen LogP contribution in [-0.2, 0) is 32.7 Å². The van der Waals surface area contributed by atoms with Gasteiger partial charge in [0.1, 0.15) is 0 Å². The third-order valence-electron chi connectivity index (χ3n) is 2.92. The van der Waals surface area contributed by atoms with E-state index in [1.54, 1.807) is 0 Å². The first-order valence-electron chi connectivity index (χ1n) is 4.33. The molecule has 1 aliphatic heterocycles. The summed E-state index contributed by atoms with van der Waals surface area (Å²) in [6, 6.07) is 0. The van der Waals surface area contributed by atoms with Crippen molar-refractivity contribution in [1.29, 1.82) is 0 Å². The molecule has 0 aromatic heterocycles. The molecule has 2 heteroatoms. The molecule has 0 unspecified atom stereocenters. The van der Waals surface area contributed by atoms with Gasteiger partial charge in [0.15, 0.2) is 0 Å². The summed E-state index contributed by atoms with van der Waals surface area (Å²) in [6.45, 7) is 10.3. The second-order valence-corrected chi connectivity index (χ2v) is 3.83. The average Bonchev–Trinajstić information content (AvgIpc) is 1.96. The molecule has 63 valence electrons. The van der Waals surface area contributed by atoms with Gasteiger partial charge in [-0.25, -0.2) is 0 Å². The van der Waals surface area contributed by atoms with Crippen LogP contribution in [0.3, 0.4) is 0 Å². The molecule has 0 aromatic rings. The number of rotatable bonds is 1. The number of quaternary nitrogens is 1. The summed E-state index contributed by atoms with van der Waals surface area (Å²) in [5.41, 5.74) is 0. The van der Waals surface area contributed by atoms with E-state index in [0.29, 0.717) is 0 Å². The second-order valence-electron chi connectivity index (χ2n) is 3.83. The van der Waals surface area contributed by atoms with E-state index >= 15 is 0 Å². The summed E-state index contributed by atoms with van der Waals surface area (Å²) in [5.74, 6) is 0.734. The van der Waals surface area contributed by atoms with E-state index in [2.05, 4.69) is 20.9 Å². The first kappa shape index (κ1) is 12.1. The van der Waals surface area contributed by atoms with Gasteiger partial charge in [0.25, 0.3) is 0 Å². The Morgan fingerprint density at radius 1 is 1.36 bits per heavy atom. The van der Waals surface area contributed by atoms with Crippen LogP contribution in [0, 0.1) is 12.8 Å². The van der Waals surface area contributed by atoms with Crippen molar-refractivity contribution in [2.75, 3.05) is 26.7 Å². The van der Waals surface area contributed by atoms with Gasteiger partial charge in [-0.2, -0.15) is 5.92 Å². The predicted molar refractivity (Wildman–Crippen MR) is 44.5 cm³/mol. The van der Waals surface area contributed by atoms with Crippen LogP contribution < -0.4 is 0 Å². The molecule has 0 spiro atoms. The van der Waals surface area contributed by atoms with Crippen LogP contribution in [0.25, 0.3) is 0 Å². The van der Waals surface area contributed by atoms with Crippen LogP contribution in [0.2, 0.25) is 0 Å². The maximum absolute atomic E-state index is 4.09. The summed E-state index contributed by atoms with van der Waals surface area (Å²) < 4.78 is 1.27. The standard InChI is InChI=1S/C9H19N.Y/c1-4-10(3)7-5-9(2)6-8-10;/h9H,2,4-8H2,1,3H3;. The minimum atomic E-state index is 0. The Balaban J connectivity index is 0.000001000. The van der Waals surface area contributed by atoms with Crippen LogP contribution in [0.4, 0.5) is 0 Å². The molecule has 1 saturated heterocycles. The van der Waals surface area contributed by atoms with Crippen molar-refractivity contribution < 1.29 is 37.2 Å². The van der Waals surface area contributed by atoms with E-state index < -0.39 is 0 Å². The van der Waals surface area contributed by atoms with Crippen LogP contribution >= 0.6 is 0 Å². The second kappa shape index (κ2) is 4.94. The van der Waals surface area contributed by atoms with Crippen molar-refractivity contribution in [3.63, 3.8) is 0 Å². The minimum Gasteiger partial charge on any atom is -0.340 e. The van der Waals surface area contributed by atoms with Gasteiger partial charge in [-0.15, -0.1) is 0 Å². The molecular formula is C9H19NY. The molecule has 0 aromatic carbocycles. The maximum atomic E-state index is 4.09. The molecule has 0 aliphatic carbocycles. The van der Waals surface area contributed by atoms with Crippen molar-refractivity contribution in [3.8, 4) is 0 Å². The molecule has 0 bridgehead atoms. The molecule has 0 atom stereocenters. The Morgan fingerprint density at radius 2 is 1.82 bits per heavy atom. The summed E-state index contributed by atoms with van der Waals surface area (Å²) in [4.78, 5) is 0. The number of hydrogen-bond acceptors (Lipinski definition) is 0. The van der Waals surface area contributed by atoms with Crippen molar-refractivity contribution in [3.05, 3.63) is 6.92 Å². The summed E-state index contributed by atoms with van der Waals surface area (Å²) in [6.07, 6.45) is 2.65. The van der Waals surface area contributed by atoms with Gasteiger partial charge in [0.2, 0.25) is 0 Å². The Kier molecular flexibility index (Phi) is 5.42. The van der Waals surface area contributed by atoms with Crippen molar-refractivity contribution in [2.24, 2.45) is 5.92 Å². The first-order chi connectivity index (χ1) is 4.66. The van der Waals surface area contributed by atoms with E-state index in [1.807, 2.05) is 0 Å². The van der Waals surface area contributed by atoms with Crippen molar-refractivity contribution in [2.45, 2.75) is 19.8 Å². The smallest absolute Gasteiger partial charge is 0.0762 e. The van der Waals surface area contributed by atoms with Crippen LogP contribution in [0.1, 0.15) is 19.8 Å². The fourth-order valence-electron chi connectivity index (χ4n) is 1.56. The number of piperidine rings is 1. The third kappa shape index (κ3) is 3.52. The molecule has 1 nitrogen and oxygen atoms in total.